The largest absolute Gasteiger partial charge is 0.508 e. The summed E-state index contributed by atoms with van der Waals surface area (Å²) in [4.78, 5) is 26.3. The van der Waals surface area contributed by atoms with Gasteiger partial charge in [-0.2, -0.15) is 5.10 Å². The van der Waals surface area contributed by atoms with Gasteiger partial charge in [-0.1, -0.05) is 18.2 Å². The molecular formula is C18H22N4O3. The molecule has 0 atom stereocenters. The predicted octanol–water partition coefficient (Wildman–Crippen LogP) is 1.09. The van der Waals surface area contributed by atoms with Crippen molar-refractivity contribution in [1.29, 1.82) is 0 Å². The Morgan fingerprint density at radius 1 is 1.28 bits per heavy atom. The number of aromatic nitrogens is 2. The first-order chi connectivity index (χ1) is 12.0. The molecule has 0 unspecified atom stereocenters. The molecule has 1 aromatic carbocycles. The molecule has 25 heavy (non-hydrogen) atoms. The number of nitrogens with zero attached hydrogens (tertiary/aromatic N) is 3. The van der Waals surface area contributed by atoms with E-state index in [9.17, 15) is 14.7 Å². The highest BCUT2D eigenvalue weighted by Crippen LogP contribution is 2.18. The van der Waals surface area contributed by atoms with E-state index < -0.39 is 0 Å². The van der Waals surface area contributed by atoms with Crippen LogP contribution in [0.1, 0.15) is 28.8 Å². The number of carbonyl (C=O) groups is 2. The van der Waals surface area contributed by atoms with Crippen molar-refractivity contribution in [2.24, 2.45) is 7.05 Å². The zero-order chi connectivity index (χ0) is 17.8. The van der Waals surface area contributed by atoms with Gasteiger partial charge in [0, 0.05) is 37.9 Å². The fraction of sp³-hybridized carbons (Fsp3) is 0.389. The van der Waals surface area contributed by atoms with Crippen molar-refractivity contribution in [2.45, 2.75) is 25.3 Å². The van der Waals surface area contributed by atoms with Crippen molar-refractivity contribution in [3.8, 4) is 5.75 Å². The number of hydrogen-bond acceptors (Lipinski definition) is 4. The monoisotopic (exact) mass is 342 g/mol. The summed E-state index contributed by atoms with van der Waals surface area (Å²) in [6.07, 6.45) is 4.86. The first kappa shape index (κ1) is 17.0. The van der Waals surface area contributed by atoms with Crippen LogP contribution in [0.4, 0.5) is 0 Å². The maximum absolute atomic E-state index is 12.4. The Hall–Kier alpha value is -2.83. The summed E-state index contributed by atoms with van der Waals surface area (Å²) in [5, 5.41) is 16.8. The quantitative estimate of drug-likeness (QED) is 0.871. The molecule has 7 heteroatoms. The molecule has 1 fully saturated rings. The van der Waals surface area contributed by atoms with Crippen LogP contribution in [0.3, 0.4) is 0 Å². The third kappa shape index (κ3) is 4.17. The van der Waals surface area contributed by atoms with Gasteiger partial charge in [-0.3, -0.25) is 14.3 Å². The molecular weight excluding hydrogens is 320 g/mol. The van der Waals surface area contributed by atoms with Crippen LogP contribution in [0, 0.1) is 0 Å². The number of likely N-dealkylation sites (tertiary alicyclic amines) is 1. The van der Waals surface area contributed by atoms with Crippen LogP contribution in [0.25, 0.3) is 0 Å². The van der Waals surface area contributed by atoms with Gasteiger partial charge in [0.25, 0.3) is 5.91 Å². The second kappa shape index (κ2) is 7.38. The zero-order valence-electron chi connectivity index (χ0n) is 14.2. The molecule has 2 aromatic rings. The van der Waals surface area contributed by atoms with Gasteiger partial charge in [0.15, 0.2) is 0 Å². The van der Waals surface area contributed by atoms with Crippen molar-refractivity contribution in [1.82, 2.24) is 20.0 Å². The topological polar surface area (TPSA) is 87.5 Å². The molecule has 2 N–H and O–H groups in total. The number of phenols is 1. The highest BCUT2D eigenvalue weighted by Gasteiger charge is 2.24. The molecule has 1 aliphatic rings. The summed E-state index contributed by atoms with van der Waals surface area (Å²) in [5.74, 6) is 0.0140. The van der Waals surface area contributed by atoms with Gasteiger partial charge >= 0.3 is 0 Å². The van der Waals surface area contributed by atoms with E-state index >= 15 is 0 Å². The number of aryl methyl sites for hydroxylation is 1. The third-order valence-corrected chi connectivity index (χ3v) is 4.48. The zero-order valence-corrected chi connectivity index (χ0v) is 14.2. The van der Waals surface area contributed by atoms with Crippen LogP contribution in [0.15, 0.2) is 36.7 Å². The van der Waals surface area contributed by atoms with E-state index in [2.05, 4.69) is 10.4 Å². The minimum Gasteiger partial charge on any atom is -0.508 e. The number of aromatic hydroxyl groups is 1. The Labute approximate surface area is 146 Å². The normalized spacial score (nSPS) is 15.2. The summed E-state index contributed by atoms with van der Waals surface area (Å²) in [5.41, 5.74) is 1.18. The van der Waals surface area contributed by atoms with Crippen molar-refractivity contribution >= 4 is 11.8 Å². The highest BCUT2D eigenvalue weighted by molar-refractivity contribution is 5.93. The van der Waals surface area contributed by atoms with E-state index in [4.69, 9.17) is 0 Å². The molecule has 0 saturated carbocycles. The van der Waals surface area contributed by atoms with Crippen molar-refractivity contribution in [3.63, 3.8) is 0 Å². The number of benzene rings is 1. The Balaban J connectivity index is 1.49. The first-order valence-electron chi connectivity index (χ1n) is 8.37. The van der Waals surface area contributed by atoms with E-state index in [0.29, 0.717) is 24.2 Å². The lowest BCUT2D eigenvalue weighted by Crippen LogP contribution is -2.46. The standard InChI is InChI=1S/C18H22N4O3/c1-21-12-14(11-19-21)18(25)20-15-6-8-22(9-7-15)17(24)10-13-4-2-3-5-16(13)23/h2-5,11-12,15,23H,6-10H2,1H3,(H,20,25). The lowest BCUT2D eigenvalue weighted by molar-refractivity contribution is -0.131. The summed E-state index contributed by atoms with van der Waals surface area (Å²) >= 11 is 0. The van der Waals surface area contributed by atoms with Gasteiger partial charge in [-0.05, 0) is 18.9 Å². The van der Waals surface area contributed by atoms with Crippen LogP contribution in [-0.4, -0.2) is 50.7 Å². The second-order valence-corrected chi connectivity index (χ2v) is 6.34. The van der Waals surface area contributed by atoms with Crippen LogP contribution in [-0.2, 0) is 18.3 Å². The molecule has 7 nitrogen and oxygen atoms in total. The number of amides is 2. The van der Waals surface area contributed by atoms with Crippen LogP contribution >= 0.6 is 0 Å². The van der Waals surface area contributed by atoms with Crippen molar-refractivity contribution in [3.05, 3.63) is 47.8 Å². The van der Waals surface area contributed by atoms with Crippen LogP contribution in [0.2, 0.25) is 0 Å². The van der Waals surface area contributed by atoms with Gasteiger partial charge in [0.05, 0.1) is 18.2 Å². The predicted molar refractivity (Wildman–Crippen MR) is 92.1 cm³/mol. The molecule has 132 valence electrons. The van der Waals surface area contributed by atoms with Crippen molar-refractivity contribution < 1.29 is 14.7 Å². The van der Waals surface area contributed by atoms with Gasteiger partial charge < -0.3 is 15.3 Å². The number of nitrogens with one attached hydrogen (secondary N) is 1. The fourth-order valence-electron chi connectivity index (χ4n) is 3.02. The molecule has 2 amide bonds. The van der Waals surface area contributed by atoms with E-state index in [1.54, 1.807) is 47.2 Å². The Morgan fingerprint density at radius 3 is 2.64 bits per heavy atom. The van der Waals surface area contributed by atoms with Gasteiger partial charge in [-0.25, -0.2) is 0 Å². The SMILES string of the molecule is Cn1cc(C(=O)NC2CCN(C(=O)Cc3ccccc3O)CC2)cn1. The molecule has 1 saturated heterocycles. The third-order valence-electron chi connectivity index (χ3n) is 4.48. The van der Waals surface area contributed by atoms with E-state index in [1.807, 2.05) is 6.07 Å². The number of phenolic OH excluding ortho intramolecular Hbond substituents is 1. The lowest BCUT2D eigenvalue weighted by atomic mass is 10.0. The Bertz CT molecular complexity index is 763. The first-order valence-corrected chi connectivity index (χ1v) is 8.37. The average molecular weight is 342 g/mol. The number of para-hydroxylation sites is 1. The Morgan fingerprint density at radius 2 is 2.00 bits per heavy atom. The average Bonchev–Trinajstić information content (AvgIpc) is 3.04. The van der Waals surface area contributed by atoms with Crippen LogP contribution < -0.4 is 5.32 Å². The maximum atomic E-state index is 12.4. The molecule has 0 spiro atoms. The molecule has 0 bridgehead atoms. The summed E-state index contributed by atoms with van der Waals surface area (Å²) in [6.45, 7) is 1.20. The summed E-state index contributed by atoms with van der Waals surface area (Å²) in [6, 6.07) is 6.95. The second-order valence-electron chi connectivity index (χ2n) is 6.34. The molecule has 0 radical (unpaired) electrons. The summed E-state index contributed by atoms with van der Waals surface area (Å²) < 4.78 is 1.59. The number of hydrogen-bond donors (Lipinski definition) is 2. The Kier molecular flexibility index (Phi) is 5.02. The lowest BCUT2D eigenvalue weighted by Gasteiger charge is -2.32. The molecule has 2 heterocycles. The number of piperidine rings is 1. The van der Waals surface area contributed by atoms with Gasteiger partial charge in [0.1, 0.15) is 5.75 Å². The number of carbonyl (C=O) groups excluding carboxylic acids is 2. The minimum absolute atomic E-state index is 0.00136. The maximum Gasteiger partial charge on any atom is 0.254 e. The van der Waals surface area contributed by atoms with Crippen LogP contribution in [0.5, 0.6) is 5.75 Å². The number of rotatable bonds is 4. The van der Waals surface area contributed by atoms with E-state index in [1.165, 1.54) is 0 Å². The molecule has 1 aromatic heterocycles. The van der Waals surface area contributed by atoms with E-state index in [-0.39, 0.29) is 30.0 Å². The fourth-order valence-corrected chi connectivity index (χ4v) is 3.02. The van der Waals surface area contributed by atoms with Gasteiger partial charge in [0.2, 0.25) is 5.91 Å². The van der Waals surface area contributed by atoms with Crippen molar-refractivity contribution in [2.75, 3.05) is 13.1 Å². The smallest absolute Gasteiger partial charge is 0.254 e. The minimum atomic E-state index is -0.132. The van der Waals surface area contributed by atoms with E-state index in [0.717, 1.165) is 12.8 Å². The van der Waals surface area contributed by atoms with Gasteiger partial charge in [-0.15, -0.1) is 0 Å². The summed E-state index contributed by atoms with van der Waals surface area (Å²) in [7, 11) is 1.77. The molecule has 3 rings (SSSR count). The molecule has 1 aliphatic heterocycles. The molecule has 0 aliphatic carbocycles. The highest BCUT2D eigenvalue weighted by atomic mass is 16.3.